The second-order valence-electron chi connectivity index (χ2n) is 8.54. The Labute approximate surface area is 187 Å². The highest BCUT2D eigenvalue weighted by Gasteiger charge is 2.55. The second-order valence-corrected chi connectivity index (χ2v) is 8.54. The molecule has 0 spiro atoms. The van der Waals surface area contributed by atoms with Crippen LogP contribution in [0.1, 0.15) is 24.1 Å². The normalized spacial score (nSPS) is 18.2. The lowest BCUT2D eigenvalue weighted by Gasteiger charge is -2.35. The number of amides is 1. The molecular weight excluding hydrogens is 405 g/mol. The van der Waals surface area contributed by atoms with E-state index in [9.17, 15) is 9.18 Å². The lowest BCUT2D eigenvalue weighted by atomic mass is 9.99. The fourth-order valence-electron chi connectivity index (χ4n) is 4.33. The Balaban J connectivity index is 1.19. The van der Waals surface area contributed by atoms with Crippen molar-refractivity contribution in [2.45, 2.75) is 18.3 Å². The van der Waals surface area contributed by atoms with Crippen LogP contribution in [0.25, 0.3) is 17.4 Å². The average molecular weight is 432 g/mol. The SMILES string of the molecule is O=C(N1CCN(CC=Cc2ccccc2)CC1)C1(c2cc(-c3ccccc3F)on2)CC1. The zero-order chi connectivity index (χ0) is 22.0. The van der Waals surface area contributed by atoms with Crippen molar-refractivity contribution in [3.8, 4) is 11.3 Å². The summed E-state index contributed by atoms with van der Waals surface area (Å²) >= 11 is 0. The quantitative estimate of drug-likeness (QED) is 0.582. The van der Waals surface area contributed by atoms with Gasteiger partial charge in [-0.05, 0) is 30.5 Å². The predicted molar refractivity (Wildman–Crippen MR) is 121 cm³/mol. The van der Waals surface area contributed by atoms with Gasteiger partial charge in [0.15, 0.2) is 5.76 Å². The van der Waals surface area contributed by atoms with E-state index in [2.05, 4.69) is 34.3 Å². The van der Waals surface area contributed by atoms with Crippen molar-refractivity contribution in [1.29, 1.82) is 0 Å². The average Bonchev–Trinajstić information content (AvgIpc) is 3.50. The third-order valence-electron chi connectivity index (χ3n) is 6.43. The highest BCUT2D eigenvalue weighted by atomic mass is 19.1. The number of carbonyl (C=O) groups is 1. The molecule has 1 aliphatic heterocycles. The molecule has 0 unspecified atom stereocenters. The van der Waals surface area contributed by atoms with Crippen LogP contribution in [-0.2, 0) is 10.2 Å². The molecule has 2 aliphatic rings. The van der Waals surface area contributed by atoms with Crippen LogP contribution < -0.4 is 0 Å². The molecule has 0 N–H and O–H groups in total. The van der Waals surface area contributed by atoms with Crippen LogP contribution in [0.15, 0.2) is 71.3 Å². The number of carbonyl (C=O) groups excluding carboxylic acids is 1. The largest absolute Gasteiger partial charge is 0.356 e. The van der Waals surface area contributed by atoms with Crippen molar-refractivity contribution in [3.05, 3.63) is 83.8 Å². The molecule has 164 valence electrons. The predicted octanol–water partition coefficient (Wildman–Crippen LogP) is 4.37. The van der Waals surface area contributed by atoms with Gasteiger partial charge in [0.1, 0.15) is 5.82 Å². The van der Waals surface area contributed by atoms with Gasteiger partial charge in [-0.15, -0.1) is 0 Å². The van der Waals surface area contributed by atoms with Gasteiger partial charge in [0.05, 0.1) is 16.7 Å². The first kappa shape index (κ1) is 20.6. The summed E-state index contributed by atoms with van der Waals surface area (Å²) in [5, 5.41) is 4.16. The fourth-order valence-corrected chi connectivity index (χ4v) is 4.33. The third-order valence-corrected chi connectivity index (χ3v) is 6.43. The van der Waals surface area contributed by atoms with E-state index in [-0.39, 0.29) is 11.7 Å². The summed E-state index contributed by atoms with van der Waals surface area (Å²) in [6.45, 7) is 3.98. The van der Waals surface area contributed by atoms with Crippen LogP contribution in [0, 0.1) is 5.82 Å². The summed E-state index contributed by atoms with van der Waals surface area (Å²) in [6.07, 6.45) is 5.83. The lowest BCUT2D eigenvalue weighted by molar-refractivity contribution is -0.135. The van der Waals surface area contributed by atoms with Gasteiger partial charge in [0, 0.05) is 38.8 Å². The molecule has 0 bridgehead atoms. The molecule has 5 nitrogen and oxygen atoms in total. The van der Waals surface area contributed by atoms with Gasteiger partial charge in [-0.3, -0.25) is 9.69 Å². The van der Waals surface area contributed by atoms with Crippen molar-refractivity contribution >= 4 is 12.0 Å². The fraction of sp³-hybridized carbons (Fsp3) is 0.308. The van der Waals surface area contributed by atoms with Gasteiger partial charge in [-0.1, -0.05) is 59.8 Å². The number of benzene rings is 2. The van der Waals surface area contributed by atoms with Crippen LogP contribution in [-0.4, -0.2) is 53.6 Å². The Hall–Kier alpha value is -3.25. The van der Waals surface area contributed by atoms with E-state index in [1.54, 1.807) is 24.3 Å². The monoisotopic (exact) mass is 431 g/mol. The summed E-state index contributed by atoms with van der Waals surface area (Å²) in [6, 6.07) is 18.4. The van der Waals surface area contributed by atoms with Gasteiger partial charge < -0.3 is 9.42 Å². The Morgan fingerprint density at radius 2 is 1.75 bits per heavy atom. The summed E-state index contributed by atoms with van der Waals surface area (Å²) in [4.78, 5) is 17.6. The van der Waals surface area contributed by atoms with E-state index in [4.69, 9.17) is 4.52 Å². The molecule has 3 aromatic rings. The molecule has 6 heteroatoms. The van der Waals surface area contributed by atoms with Gasteiger partial charge in [-0.25, -0.2) is 4.39 Å². The molecule has 1 saturated heterocycles. The van der Waals surface area contributed by atoms with Gasteiger partial charge in [0.2, 0.25) is 5.91 Å². The summed E-state index contributed by atoms with van der Waals surface area (Å²) in [5.74, 6) is 0.126. The molecule has 1 amide bonds. The molecular formula is C26H26FN3O2. The van der Waals surface area contributed by atoms with E-state index in [0.717, 1.165) is 32.5 Å². The van der Waals surface area contributed by atoms with Crippen molar-refractivity contribution in [1.82, 2.24) is 15.0 Å². The first-order valence-electron chi connectivity index (χ1n) is 11.1. The van der Waals surface area contributed by atoms with E-state index in [0.29, 0.717) is 30.1 Å². The number of rotatable bonds is 6. The van der Waals surface area contributed by atoms with Crippen molar-refractivity contribution in [2.24, 2.45) is 0 Å². The minimum atomic E-state index is -0.609. The van der Waals surface area contributed by atoms with Gasteiger partial charge in [-0.2, -0.15) is 0 Å². The Morgan fingerprint density at radius 3 is 2.47 bits per heavy atom. The van der Waals surface area contributed by atoms with Crippen molar-refractivity contribution in [3.63, 3.8) is 0 Å². The molecule has 0 radical (unpaired) electrons. The van der Waals surface area contributed by atoms with Crippen LogP contribution in [0.3, 0.4) is 0 Å². The van der Waals surface area contributed by atoms with Crippen LogP contribution >= 0.6 is 0 Å². The smallest absolute Gasteiger partial charge is 0.235 e. The van der Waals surface area contributed by atoms with Crippen LogP contribution in [0.2, 0.25) is 0 Å². The Bertz CT molecular complexity index is 1110. The van der Waals surface area contributed by atoms with Crippen LogP contribution in [0.5, 0.6) is 0 Å². The lowest BCUT2D eigenvalue weighted by Crippen LogP contribution is -2.51. The molecule has 1 saturated carbocycles. The number of hydrogen-bond acceptors (Lipinski definition) is 4. The zero-order valence-electron chi connectivity index (χ0n) is 17.9. The summed E-state index contributed by atoms with van der Waals surface area (Å²) < 4.78 is 19.5. The topological polar surface area (TPSA) is 49.6 Å². The first-order chi connectivity index (χ1) is 15.7. The molecule has 2 aromatic carbocycles. The number of piperazine rings is 1. The van der Waals surface area contributed by atoms with Gasteiger partial charge in [0.25, 0.3) is 0 Å². The highest BCUT2D eigenvalue weighted by Crippen LogP contribution is 2.50. The minimum Gasteiger partial charge on any atom is -0.356 e. The molecule has 1 aromatic heterocycles. The van der Waals surface area contributed by atoms with Crippen molar-refractivity contribution < 1.29 is 13.7 Å². The second kappa shape index (κ2) is 8.71. The first-order valence-corrected chi connectivity index (χ1v) is 11.1. The molecule has 5 rings (SSSR count). The number of nitrogens with zero attached hydrogens (tertiary/aromatic N) is 3. The summed E-state index contributed by atoms with van der Waals surface area (Å²) in [5.41, 5.74) is 1.57. The minimum absolute atomic E-state index is 0.116. The maximum Gasteiger partial charge on any atom is 0.235 e. The zero-order valence-corrected chi connectivity index (χ0v) is 17.9. The molecule has 2 fully saturated rings. The van der Waals surface area contributed by atoms with E-state index in [1.165, 1.54) is 11.6 Å². The highest BCUT2D eigenvalue weighted by molar-refractivity contribution is 5.91. The van der Waals surface area contributed by atoms with E-state index < -0.39 is 5.41 Å². The number of halogens is 1. The Morgan fingerprint density at radius 1 is 1.03 bits per heavy atom. The third kappa shape index (κ3) is 4.10. The number of aromatic nitrogens is 1. The maximum atomic E-state index is 14.1. The maximum absolute atomic E-state index is 14.1. The molecule has 0 atom stereocenters. The standard InChI is InChI=1S/C26H26FN3O2/c27-22-11-5-4-10-21(22)23-19-24(28-32-23)26(12-13-26)25(31)30-17-15-29(16-18-30)14-6-9-20-7-2-1-3-8-20/h1-11,19H,12-18H2. The molecule has 1 aliphatic carbocycles. The van der Waals surface area contributed by atoms with E-state index in [1.807, 2.05) is 23.1 Å². The summed E-state index contributed by atoms with van der Waals surface area (Å²) in [7, 11) is 0. The molecule has 2 heterocycles. The van der Waals surface area contributed by atoms with Gasteiger partial charge >= 0.3 is 0 Å². The van der Waals surface area contributed by atoms with E-state index >= 15 is 0 Å². The number of hydrogen-bond donors (Lipinski definition) is 0. The van der Waals surface area contributed by atoms with Crippen molar-refractivity contribution in [2.75, 3.05) is 32.7 Å². The Kier molecular flexibility index (Phi) is 5.62. The van der Waals surface area contributed by atoms with Crippen LogP contribution in [0.4, 0.5) is 4.39 Å². The molecule has 32 heavy (non-hydrogen) atoms.